The molecule has 1 atom stereocenters. The summed E-state index contributed by atoms with van der Waals surface area (Å²) in [5, 5.41) is 0. The van der Waals surface area contributed by atoms with Crippen molar-refractivity contribution in [1.82, 2.24) is 14.9 Å². The molecule has 0 N–H and O–H groups in total. The lowest BCUT2D eigenvalue weighted by atomic mass is 10.2. The van der Waals surface area contributed by atoms with Crippen LogP contribution in [0.15, 0.2) is 42.7 Å². The summed E-state index contributed by atoms with van der Waals surface area (Å²) in [6.07, 6.45) is 3.43. The van der Waals surface area contributed by atoms with Crippen LogP contribution in [0.4, 0.5) is 11.5 Å². The topological polar surface area (TPSA) is 83.5 Å². The van der Waals surface area contributed by atoms with Crippen molar-refractivity contribution in [2.45, 2.75) is 12.5 Å². The molecule has 1 aromatic heterocycles. The molecule has 7 nitrogen and oxygen atoms in total. The minimum Gasteiger partial charge on any atom is -0.336 e. The predicted molar refractivity (Wildman–Crippen MR) is 95.7 cm³/mol. The summed E-state index contributed by atoms with van der Waals surface area (Å²) in [5.41, 5.74) is 1.17. The van der Waals surface area contributed by atoms with Crippen molar-refractivity contribution in [3.63, 3.8) is 0 Å². The highest BCUT2D eigenvalue weighted by Gasteiger charge is 2.33. The molecule has 0 aliphatic carbocycles. The molecule has 1 aliphatic heterocycles. The monoisotopic (exact) mass is 360 g/mol. The van der Waals surface area contributed by atoms with E-state index >= 15 is 0 Å². The summed E-state index contributed by atoms with van der Waals surface area (Å²) in [5.74, 6) is 0.441. The second kappa shape index (κ2) is 6.79. The first-order valence-corrected chi connectivity index (χ1v) is 9.78. The van der Waals surface area contributed by atoms with Crippen LogP contribution in [0, 0.1) is 0 Å². The van der Waals surface area contributed by atoms with Gasteiger partial charge in [0.1, 0.15) is 5.69 Å². The van der Waals surface area contributed by atoms with Crippen molar-refractivity contribution in [3.8, 4) is 0 Å². The molecule has 1 amide bonds. The minimum absolute atomic E-state index is 0.0114. The third-order valence-corrected chi connectivity index (χ3v) is 6.17. The van der Waals surface area contributed by atoms with Gasteiger partial charge in [-0.2, -0.15) is 0 Å². The number of amides is 1. The zero-order valence-electron chi connectivity index (χ0n) is 14.2. The number of benzene rings is 1. The predicted octanol–water partition coefficient (Wildman–Crippen LogP) is 1.50. The minimum atomic E-state index is -3.04. The Morgan fingerprint density at radius 2 is 1.84 bits per heavy atom. The van der Waals surface area contributed by atoms with E-state index in [9.17, 15) is 13.2 Å². The van der Waals surface area contributed by atoms with Crippen molar-refractivity contribution in [2.75, 3.05) is 30.5 Å². The van der Waals surface area contributed by atoms with Gasteiger partial charge in [0.25, 0.3) is 5.91 Å². The average Bonchev–Trinajstić information content (AvgIpc) is 3.00. The number of aromatic nitrogens is 2. The van der Waals surface area contributed by atoms with E-state index in [4.69, 9.17) is 0 Å². The van der Waals surface area contributed by atoms with Crippen LogP contribution in [0.2, 0.25) is 0 Å². The van der Waals surface area contributed by atoms with E-state index < -0.39 is 9.84 Å². The van der Waals surface area contributed by atoms with Crippen LogP contribution in [0.5, 0.6) is 0 Å². The normalized spacial score (nSPS) is 18.7. The van der Waals surface area contributed by atoms with Crippen LogP contribution >= 0.6 is 0 Å². The molecule has 0 radical (unpaired) electrons. The number of anilines is 2. The fourth-order valence-corrected chi connectivity index (χ4v) is 4.59. The lowest BCUT2D eigenvalue weighted by Gasteiger charge is -2.23. The van der Waals surface area contributed by atoms with Gasteiger partial charge in [-0.15, -0.1) is 0 Å². The van der Waals surface area contributed by atoms with Crippen LogP contribution in [-0.4, -0.2) is 60.8 Å². The van der Waals surface area contributed by atoms with E-state index in [1.807, 2.05) is 42.3 Å². The fourth-order valence-electron chi connectivity index (χ4n) is 2.82. The largest absolute Gasteiger partial charge is 0.336 e. The van der Waals surface area contributed by atoms with Gasteiger partial charge in [-0.25, -0.2) is 18.4 Å². The molecule has 2 aromatic rings. The Kier molecular flexibility index (Phi) is 4.71. The number of rotatable bonds is 4. The number of hydrogen-bond donors (Lipinski definition) is 0. The summed E-state index contributed by atoms with van der Waals surface area (Å²) in [6, 6.07) is 9.41. The molecule has 1 aromatic carbocycles. The Labute approximate surface area is 147 Å². The molecule has 1 saturated heterocycles. The molecule has 0 saturated carbocycles. The van der Waals surface area contributed by atoms with E-state index in [2.05, 4.69) is 9.97 Å². The van der Waals surface area contributed by atoms with Gasteiger partial charge in [0, 0.05) is 25.8 Å². The third kappa shape index (κ3) is 3.79. The van der Waals surface area contributed by atoms with E-state index in [0.717, 1.165) is 5.69 Å². The van der Waals surface area contributed by atoms with E-state index in [0.29, 0.717) is 12.2 Å². The lowest BCUT2D eigenvalue weighted by Crippen LogP contribution is -2.38. The zero-order valence-corrected chi connectivity index (χ0v) is 15.0. The van der Waals surface area contributed by atoms with Gasteiger partial charge < -0.3 is 9.80 Å². The summed E-state index contributed by atoms with van der Waals surface area (Å²) in [7, 11) is 0.441. The van der Waals surface area contributed by atoms with Crippen molar-refractivity contribution >= 4 is 27.2 Å². The smallest absolute Gasteiger partial charge is 0.274 e. The van der Waals surface area contributed by atoms with Gasteiger partial charge in [-0.05, 0) is 18.6 Å². The van der Waals surface area contributed by atoms with Crippen molar-refractivity contribution < 1.29 is 13.2 Å². The summed E-state index contributed by atoms with van der Waals surface area (Å²) in [6.45, 7) is 0. The van der Waals surface area contributed by atoms with Crippen LogP contribution in [0.3, 0.4) is 0 Å². The van der Waals surface area contributed by atoms with Gasteiger partial charge in [0.2, 0.25) is 0 Å². The number of carbonyl (C=O) groups excluding carboxylic acids is 1. The SMILES string of the molecule is CN(c1ccccc1)c1cnc(C(=O)N(C)C2CCS(=O)(=O)C2)cn1. The van der Waals surface area contributed by atoms with Crippen LogP contribution in [0.1, 0.15) is 16.9 Å². The standard InChI is InChI=1S/C17H20N4O3S/c1-20(13-6-4-3-5-7-13)16-11-18-15(10-19-16)17(22)21(2)14-8-9-25(23,24)12-14/h3-7,10-11,14H,8-9,12H2,1-2H3. The Balaban J connectivity index is 1.72. The summed E-state index contributed by atoms with van der Waals surface area (Å²) in [4.78, 5) is 24.4. The van der Waals surface area contributed by atoms with E-state index in [1.165, 1.54) is 11.1 Å². The van der Waals surface area contributed by atoms with Gasteiger partial charge in [-0.1, -0.05) is 18.2 Å². The Morgan fingerprint density at radius 1 is 1.12 bits per heavy atom. The maximum atomic E-state index is 12.5. The van der Waals surface area contributed by atoms with Crippen molar-refractivity contribution in [1.29, 1.82) is 0 Å². The average molecular weight is 360 g/mol. The molecular formula is C17H20N4O3S. The van der Waals surface area contributed by atoms with Crippen LogP contribution in [0.25, 0.3) is 0 Å². The maximum absolute atomic E-state index is 12.5. The Morgan fingerprint density at radius 3 is 2.40 bits per heavy atom. The van der Waals surface area contributed by atoms with Crippen LogP contribution < -0.4 is 4.90 Å². The second-order valence-electron chi connectivity index (χ2n) is 6.13. The quantitative estimate of drug-likeness (QED) is 0.822. The lowest BCUT2D eigenvalue weighted by molar-refractivity contribution is 0.0741. The first kappa shape index (κ1) is 17.3. The van der Waals surface area contributed by atoms with E-state index in [-0.39, 0.29) is 29.1 Å². The molecule has 1 fully saturated rings. The highest BCUT2D eigenvalue weighted by atomic mass is 32.2. The molecule has 2 heterocycles. The summed E-state index contributed by atoms with van der Waals surface area (Å²) < 4.78 is 23.2. The molecule has 3 rings (SSSR count). The molecule has 8 heteroatoms. The van der Waals surface area contributed by atoms with Crippen molar-refractivity contribution in [2.24, 2.45) is 0 Å². The van der Waals surface area contributed by atoms with E-state index in [1.54, 1.807) is 13.2 Å². The molecule has 0 spiro atoms. The van der Waals surface area contributed by atoms with Crippen molar-refractivity contribution in [3.05, 3.63) is 48.4 Å². The highest BCUT2D eigenvalue weighted by Crippen LogP contribution is 2.21. The number of nitrogens with zero attached hydrogens (tertiary/aromatic N) is 4. The number of carbonyl (C=O) groups is 1. The molecule has 25 heavy (non-hydrogen) atoms. The zero-order chi connectivity index (χ0) is 18.0. The van der Waals surface area contributed by atoms with Gasteiger partial charge in [0.15, 0.2) is 15.7 Å². The Bertz CT molecular complexity index is 853. The molecule has 132 valence electrons. The molecular weight excluding hydrogens is 340 g/mol. The van der Waals surface area contributed by atoms with Gasteiger partial charge >= 0.3 is 0 Å². The number of para-hydroxylation sites is 1. The number of hydrogen-bond acceptors (Lipinski definition) is 6. The number of sulfone groups is 1. The molecule has 1 aliphatic rings. The maximum Gasteiger partial charge on any atom is 0.274 e. The molecule has 0 bridgehead atoms. The summed E-state index contributed by atoms with van der Waals surface area (Å²) >= 11 is 0. The third-order valence-electron chi connectivity index (χ3n) is 4.42. The fraction of sp³-hybridized carbons (Fsp3) is 0.353. The van der Waals surface area contributed by atoms with Gasteiger partial charge in [-0.3, -0.25) is 4.79 Å². The highest BCUT2D eigenvalue weighted by molar-refractivity contribution is 7.91. The first-order valence-electron chi connectivity index (χ1n) is 7.96. The van der Waals surface area contributed by atoms with Crippen LogP contribution in [-0.2, 0) is 9.84 Å². The second-order valence-corrected chi connectivity index (χ2v) is 8.36. The first-order chi connectivity index (χ1) is 11.9. The van der Waals surface area contributed by atoms with Gasteiger partial charge in [0.05, 0.1) is 23.9 Å². The molecule has 1 unspecified atom stereocenters. The Hall–Kier alpha value is -2.48.